The fourth-order valence-electron chi connectivity index (χ4n) is 3.32. The van der Waals surface area contributed by atoms with Crippen molar-refractivity contribution in [3.05, 3.63) is 94.3 Å². The Hall–Kier alpha value is -4.53. The lowest BCUT2D eigenvalue weighted by molar-refractivity contribution is -0.385. The highest BCUT2D eigenvalue weighted by Gasteiger charge is 2.11. The van der Waals surface area contributed by atoms with E-state index in [1.54, 1.807) is 6.21 Å². The number of benzene rings is 2. The molecular formula is C23H20N6O3. The number of carbonyl (C=O) groups is 1. The molecule has 0 aliphatic carbocycles. The summed E-state index contributed by atoms with van der Waals surface area (Å²) in [4.78, 5) is 26.8. The van der Waals surface area contributed by atoms with Crippen molar-refractivity contribution < 1.29 is 9.72 Å². The lowest BCUT2D eigenvalue weighted by atomic mass is 10.2. The zero-order valence-corrected chi connectivity index (χ0v) is 17.2. The van der Waals surface area contributed by atoms with Crippen molar-refractivity contribution in [1.29, 1.82) is 0 Å². The van der Waals surface area contributed by atoms with E-state index in [1.807, 2.05) is 66.2 Å². The number of hydrogen-bond acceptors (Lipinski definition) is 6. The molecule has 0 aliphatic heterocycles. The van der Waals surface area contributed by atoms with E-state index in [9.17, 15) is 14.9 Å². The van der Waals surface area contributed by atoms with Crippen molar-refractivity contribution in [2.75, 3.05) is 10.7 Å². The maximum absolute atomic E-state index is 12.6. The molecule has 0 aliphatic rings. The lowest BCUT2D eigenvalue weighted by Crippen LogP contribution is -2.18. The van der Waals surface area contributed by atoms with Crippen LogP contribution in [-0.4, -0.2) is 26.6 Å². The van der Waals surface area contributed by atoms with Crippen LogP contribution in [0, 0.1) is 17.0 Å². The van der Waals surface area contributed by atoms with Gasteiger partial charge in [0.1, 0.15) is 18.6 Å². The van der Waals surface area contributed by atoms with Gasteiger partial charge in [0, 0.05) is 34.4 Å². The first-order valence-corrected chi connectivity index (χ1v) is 9.83. The number of nitro groups is 1. The van der Waals surface area contributed by atoms with Gasteiger partial charge in [-0.15, -0.1) is 0 Å². The highest BCUT2D eigenvalue weighted by atomic mass is 16.6. The van der Waals surface area contributed by atoms with E-state index in [1.165, 1.54) is 12.1 Å². The summed E-state index contributed by atoms with van der Waals surface area (Å²) in [5, 5.41) is 18.8. The van der Waals surface area contributed by atoms with E-state index in [0.717, 1.165) is 33.9 Å². The maximum atomic E-state index is 12.6. The molecule has 2 aromatic carbocycles. The van der Waals surface area contributed by atoms with Crippen LogP contribution in [-0.2, 0) is 11.3 Å². The fourth-order valence-corrected chi connectivity index (χ4v) is 3.32. The van der Waals surface area contributed by atoms with Crippen molar-refractivity contribution >= 4 is 40.2 Å². The van der Waals surface area contributed by atoms with Crippen LogP contribution >= 0.6 is 0 Å². The SMILES string of the molecule is Cc1cccc(NC(=O)Cn2cc(/C=N/Nc3ccc([N+](=O)[O-])cn3)c3ccccc32)c1. The first-order chi connectivity index (χ1) is 15.5. The minimum absolute atomic E-state index is 0.0912. The number of aromatic nitrogens is 2. The van der Waals surface area contributed by atoms with Gasteiger partial charge in [-0.05, 0) is 36.8 Å². The number of rotatable bonds is 7. The summed E-state index contributed by atoms with van der Waals surface area (Å²) < 4.78 is 1.87. The van der Waals surface area contributed by atoms with Crippen LogP contribution in [0.25, 0.3) is 10.9 Å². The van der Waals surface area contributed by atoms with E-state index in [4.69, 9.17) is 0 Å². The van der Waals surface area contributed by atoms with Crippen LogP contribution in [0.15, 0.2) is 78.2 Å². The molecular weight excluding hydrogens is 408 g/mol. The average Bonchev–Trinajstić information content (AvgIpc) is 3.11. The molecule has 2 N–H and O–H groups in total. The summed E-state index contributed by atoms with van der Waals surface area (Å²) in [6.07, 6.45) is 4.64. The number of nitrogens with zero attached hydrogens (tertiary/aromatic N) is 4. The Morgan fingerprint density at radius 3 is 2.78 bits per heavy atom. The Morgan fingerprint density at radius 1 is 1.19 bits per heavy atom. The van der Waals surface area contributed by atoms with E-state index in [2.05, 4.69) is 20.8 Å². The second-order valence-corrected chi connectivity index (χ2v) is 7.18. The Kier molecular flexibility index (Phi) is 5.89. The number of pyridine rings is 1. The molecule has 2 heterocycles. The van der Waals surface area contributed by atoms with Gasteiger partial charge < -0.3 is 9.88 Å². The van der Waals surface area contributed by atoms with Gasteiger partial charge in [0.15, 0.2) is 0 Å². The van der Waals surface area contributed by atoms with Crippen molar-refractivity contribution in [2.24, 2.45) is 5.10 Å². The minimum atomic E-state index is -0.510. The lowest BCUT2D eigenvalue weighted by Gasteiger charge is -2.08. The van der Waals surface area contributed by atoms with Gasteiger partial charge >= 0.3 is 0 Å². The number of hydrogen-bond donors (Lipinski definition) is 2. The summed E-state index contributed by atoms with van der Waals surface area (Å²) in [7, 11) is 0. The highest BCUT2D eigenvalue weighted by Crippen LogP contribution is 2.20. The Balaban J connectivity index is 1.50. The molecule has 0 saturated carbocycles. The smallest absolute Gasteiger partial charge is 0.287 e. The zero-order chi connectivity index (χ0) is 22.5. The third-order valence-electron chi connectivity index (χ3n) is 4.78. The highest BCUT2D eigenvalue weighted by molar-refractivity contribution is 6.00. The second-order valence-electron chi connectivity index (χ2n) is 7.18. The molecule has 9 nitrogen and oxygen atoms in total. The number of carbonyl (C=O) groups excluding carboxylic acids is 1. The summed E-state index contributed by atoms with van der Waals surface area (Å²) in [5.74, 6) is 0.251. The Labute approximate surface area is 183 Å². The minimum Gasteiger partial charge on any atom is -0.337 e. The van der Waals surface area contributed by atoms with Crippen LogP contribution in [0.5, 0.6) is 0 Å². The molecule has 0 atom stereocenters. The normalized spacial score (nSPS) is 11.0. The summed E-state index contributed by atoms with van der Waals surface area (Å²) >= 11 is 0. The second kappa shape index (κ2) is 9.09. The molecule has 1 amide bonds. The zero-order valence-electron chi connectivity index (χ0n) is 17.2. The maximum Gasteiger partial charge on any atom is 0.287 e. The number of fused-ring (bicyclic) bond motifs is 1. The van der Waals surface area contributed by atoms with Gasteiger partial charge in [0.05, 0.1) is 11.1 Å². The molecule has 0 radical (unpaired) electrons. The van der Waals surface area contributed by atoms with E-state index >= 15 is 0 Å². The topological polar surface area (TPSA) is 114 Å². The largest absolute Gasteiger partial charge is 0.337 e. The third-order valence-corrected chi connectivity index (χ3v) is 4.78. The van der Waals surface area contributed by atoms with Crippen LogP contribution in [0.3, 0.4) is 0 Å². The number of para-hydroxylation sites is 1. The number of amides is 1. The van der Waals surface area contributed by atoms with Gasteiger partial charge in [-0.1, -0.05) is 30.3 Å². The van der Waals surface area contributed by atoms with Crippen LogP contribution in [0.4, 0.5) is 17.2 Å². The van der Waals surface area contributed by atoms with Gasteiger partial charge in [-0.2, -0.15) is 5.10 Å². The van der Waals surface area contributed by atoms with Gasteiger partial charge in [-0.25, -0.2) is 4.98 Å². The molecule has 160 valence electrons. The monoisotopic (exact) mass is 428 g/mol. The number of aryl methyl sites for hydroxylation is 1. The van der Waals surface area contributed by atoms with Crippen LogP contribution in [0.2, 0.25) is 0 Å². The summed E-state index contributed by atoms with van der Waals surface area (Å²) in [5.41, 5.74) is 6.22. The van der Waals surface area contributed by atoms with Gasteiger partial charge in [-0.3, -0.25) is 20.3 Å². The van der Waals surface area contributed by atoms with E-state index in [-0.39, 0.29) is 18.1 Å². The first-order valence-electron chi connectivity index (χ1n) is 9.83. The van der Waals surface area contributed by atoms with Gasteiger partial charge in [0.25, 0.3) is 5.69 Å². The Morgan fingerprint density at radius 2 is 2.03 bits per heavy atom. The summed E-state index contributed by atoms with van der Waals surface area (Å²) in [6, 6.07) is 18.2. The molecule has 9 heteroatoms. The van der Waals surface area contributed by atoms with Crippen molar-refractivity contribution in [3.63, 3.8) is 0 Å². The molecule has 0 bridgehead atoms. The molecule has 4 rings (SSSR count). The molecule has 0 saturated heterocycles. The summed E-state index contributed by atoms with van der Waals surface area (Å²) in [6.45, 7) is 2.13. The van der Waals surface area contributed by atoms with E-state index < -0.39 is 4.92 Å². The van der Waals surface area contributed by atoms with Gasteiger partial charge in [0.2, 0.25) is 5.91 Å². The molecule has 0 fully saturated rings. The van der Waals surface area contributed by atoms with Crippen LogP contribution in [0.1, 0.15) is 11.1 Å². The standard InChI is InChI=1S/C23H20N6O3/c1-16-5-4-6-18(11-16)26-23(30)15-28-14-17(20-7-2-3-8-21(20)28)12-25-27-22-10-9-19(13-24-22)29(31)32/h2-14H,15H2,1H3,(H,24,27)(H,26,30)/b25-12+. The van der Waals surface area contributed by atoms with Crippen molar-refractivity contribution in [3.8, 4) is 0 Å². The number of nitrogens with one attached hydrogen (secondary N) is 2. The van der Waals surface area contributed by atoms with Crippen molar-refractivity contribution in [1.82, 2.24) is 9.55 Å². The predicted molar refractivity (Wildman–Crippen MR) is 124 cm³/mol. The molecule has 0 unspecified atom stereocenters. The molecule has 4 aromatic rings. The molecule has 2 aromatic heterocycles. The fraction of sp³-hybridized carbons (Fsp3) is 0.0870. The Bertz CT molecular complexity index is 1310. The van der Waals surface area contributed by atoms with Crippen LogP contribution < -0.4 is 10.7 Å². The quantitative estimate of drug-likeness (QED) is 0.258. The number of anilines is 2. The van der Waals surface area contributed by atoms with Crippen molar-refractivity contribution in [2.45, 2.75) is 13.5 Å². The first kappa shape index (κ1) is 20.7. The van der Waals surface area contributed by atoms with E-state index in [0.29, 0.717) is 5.82 Å². The number of hydrazone groups is 1. The third kappa shape index (κ3) is 4.78. The average molecular weight is 428 g/mol. The predicted octanol–water partition coefficient (Wildman–Crippen LogP) is 4.34. The molecule has 0 spiro atoms. The molecule has 32 heavy (non-hydrogen) atoms.